The van der Waals surface area contributed by atoms with Crippen LogP contribution < -0.4 is 4.74 Å². The van der Waals surface area contributed by atoms with Crippen molar-refractivity contribution < 1.29 is 9.53 Å². The number of nitrogens with zero attached hydrogens (tertiary/aromatic N) is 2. The molecule has 0 aromatic heterocycles. The van der Waals surface area contributed by atoms with E-state index >= 15 is 0 Å². The number of carbonyl (C=O) groups excluding carboxylic acids is 1. The summed E-state index contributed by atoms with van der Waals surface area (Å²) in [7, 11) is 1.64. The van der Waals surface area contributed by atoms with E-state index in [1.54, 1.807) is 7.11 Å². The van der Waals surface area contributed by atoms with Gasteiger partial charge in [0.05, 0.1) is 7.11 Å². The Labute approximate surface area is 155 Å². The zero-order valence-electron chi connectivity index (χ0n) is 15.3. The van der Waals surface area contributed by atoms with Crippen molar-refractivity contribution in [2.75, 3.05) is 26.7 Å². The number of amides is 1. The van der Waals surface area contributed by atoms with E-state index in [0.717, 1.165) is 43.4 Å². The largest absolute Gasteiger partial charge is 0.497 e. The van der Waals surface area contributed by atoms with E-state index in [0.29, 0.717) is 0 Å². The van der Waals surface area contributed by atoms with Crippen molar-refractivity contribution in [2.24, 2.45) is 0 Å². The molecule has 1 unspecified atom stereocenters. The summed E-state index contributed by atoms with van der Waals surface area (Å²) in [6.07, 6.45) is 3.53. The number of piperazine rings is 1. The van der Waals surface area contributed by atoms with E-state index in [9.17, 15) is 4.79 Å². The molecule has 2 fully saturated rings. The zero-order valence-corrected chi connectivity index (χ0v) is 15.3. The van der Waals surface area contributed by atoms with Gasteiger partial charge in [0.15, 0.2) is 0 Å². The van der Waals surface area contributed by atoms with Gasteiger partial charge in [-0.3, -0.25) is 9.69 Å². The van der Waals surface area contributed by atoms with E-state index in [4.69, 9.17) is 4.74 Å². The minimum Gasteiger partial charge on any atom is -0.497 e. The maximum Gasteiger partial charge on any atom is 0.254 e. The molecule has 2 aliphatic rings. The van der Waals surface area contributed by atoms with Crippen LogP contribution in [0.4, 0.5) is 0 Å². The number of rotatable bonds is 5. The highest BCUT2D eigenvalue weighted by Gasteiger charge is 2.37. The SMILES string of the molecule is COc1ccc(C(=O)N2CCN(C3CC3)CC2Cc2ccccc2)cc1. The van der Waals surface area contributed by atoms with Crippen LogP contribution in [0.1, 0.15) is 28.8 Å². The molecule has 1 heterocycles. The van der Waals surface area contributed by atoms with E-state index in [1.165, 1.54) is 18.4 Å². The summed E-state index contributed by atoms with van der Waals surface area (Å²) < 4.78 is 5.21. The van der Waals surface area contributed by atoms with Crippen LogP contribution in [0.2, 0.25) is 0 Å². The molecular weight excluding hydrogens is 324 g/mol. The lowest BCUT2D eigenvalue weighted by Crippen LogP contribution is -2.56. The van der Waals surface area contributed by atoms with Crippen LogP contribution in [-0.2, 0) is 6.42 Å². The molecule has 4 rings (SSSR count). The summed E-state index contributed by atoms with van der Waals surface area (Å²) >= 11 is 0. The second-order valence-electron chi connectivity index (χ2n) is 7.30. The molecule has 4 nitrogen and oxygen atoms in total. The van der Waals surface area contributed by atoms with Crippen LogP contribution in [0.15, 0.2) is 54.6 Å². The van der Waals surface area contributed by atoms with Crippen molar-refractivity contribution in [1.29, 1.82) is 0 Å². The Balaban J connectivity index is 1.53. The lowest BCUT2D eigenvalue weighted by molar-refractivity contribution is 0.0437. The van der Waals surface area contributed by atoms with Gasteiger partial charge in [0, 0.05) is 37.3 Å². The molecule has 2 aromatic rings. The Morgan fingerprint density at radius 1 is 1.04 bits per heavy atom. The van der Waals surface area contributed by atoms with Crippen molar-refractivity contribution in [1.82, 2.24) is 9.80 Å². The van der Waals surface area contributed by atoms with Crippen LogP contribution in [0, 0.1) is 0 Å². The van der Waals surface area contributed by atoms with Crippen molar-refractivity contribution in [3.05, 3.63) is 65.7 Å². The fourth-order valence-electron chi connectivity index (χ4n) is 3.88. The molecule has 26 heavy (non-hydrogen) atoms. The molecule has 1 saturated heterocycles. The van der Waals surface area contributed by atoms with Gasteiger partial charge in [0.25, 0.3) is 5.91 Å². The first-order valence-corrected chi connectivity index (χ1v) is 9.47. The highest BCUT2D eigenvalue weighted by molar-refractivity contribution is 5.94. The van der Waals surface area contributed by atoms with Crippen LogP contribution >= 0.6 is 0 Å². The number of hydrogen-bond donors (Lipinski definition) is 0. The van der Waals surface area contributed by atoms with Gasteiger partial charge < -0.3 is 9.64 Å². The maximum atomic E-state index is 13.2. The third-order valence-electron chi connectivity index (χ3n) is 5.49. The molecule has 0 spiro atoms. The minimum atomic E-state index is 0.129. The molecule has 4 heteroatoms. The van der Waals surface area contributed by atoms with Crippen LogP contribution in [-0.4, -0.2) is 54.5 Å². The quantitative estimate of drug-likeness (QED) is 0.830. The van der Waals surface area contributed by atoms with Gasteiger partial charge in [-0.25, -0.2) is 0 Å². The second-order valence-corrected chi connectivity index (χ2v) is 7.30. The molecule has 1 amide bonds. The van der Waals surface area contributed by atoms with Gasteiger partial charge >= 0.3 is 0 Å². The maximum absolute atomic E-state index is 13.2. The Hall–Kier alpha value is -2.33. The van der Waals surface area contributed by atoms with Gasteiger partial charge in [-0.15, -0.1) is 0 Å². The number of carbonyl (C=O) groups is 1. The molecule has 1 aliphatic carbocycles. The Bertz CT molecular complexity index is 740. The highest BCUT2D eigenvalue weighted by atomic mass is 16.5. The van der Waals surface area contributed by atoms with Crippen molar-refractivity contribution in [2.45, 2.75) is 31.3 Å². The Morgan fingerprint density at radius 3 is 2.42 bits per heavy atom. The smallest absolute Gasteiger partial charge is 0.254 e. The second kappa shape index (κ2) is 7.50. The summed E-state index contributed by atoms with van der Waals surface area (Å²) in [5.74, 6) is 0.907. The molecule has 0 radical (unpaired) electrons. The van der Waals surface area contributed by atoms with Crippen molar-refractivity contribution in [3.63, 3.8) is 0 Å². The standard InChI is InChI=1S/C22H26N2O2/c1-26-21-11-7-18(8-12-21)22(25)24-14-13-23(19-9-10-19)16-20(24)15-17-5-3-2-4-6-17/h2-8,11-12,19-20H,9-10,13-16H2,1H3. The van der Waals surface area contributed by atoms with E-state index in [1.807, 2.05) is 30.3 Å². The fraction of sp³-hybridized carbons (Fsp3) is 0.409. The van der Waals surface area contributed by atoms with Crippen LogP contribution in [0.3, 0.4) is 0 Å². The van der Waals surface area contributed by atoms with Crippen LogP contribution in [0.25, 0.3) is 0 Å². The molecular formula is C22H26N2O2. The average molecular weight is 350 g/mol. The monoisotopic (exact) mass is 350 g/mol. The zero-order chi connectivity index (χ0) is 17.9. The first-order chi connectivity index (χ1) is 12.7. The molecule has 1 aliphatic heterocycles. The summed E-state index contributed by atoms with van der Waals surface area (Å²) in [6, 6.07) is 18.9. The van der Waals surface area contributed by atoms with Gasteiger partial charge in [0.1, 0.15) is 5.75 Å². The lowest BCUT2D eigenvalue weighted by Gasteiger charge is -2.42. The fourth-order valence-corrected chi connectivity index (χ4v) is 3.88. The lowest BCUT2D eigenvalue weighted by atomic mass is 10.0. The molecule has 2 aromatic carbocycles. The summed E-state index contributed by atoms with van der Waals surface area (Å²) in [5.41, 5.74) is 2.03. The topological polar surface area (TPSA) is 32.8 Å². The van der Waals surface area contributed by atoms with Crippen molar-refractivity contribution in [3.8, 4) is 5.75 Å². The predicted octanol–water partition coefficient (Wildman–Crippen LogP) is 3.23. The van der Waals surface area contributed by atoms with Gasteiger partial charge in [-0.1, -0.05) is 30.3 Å². The highest BCUT2D eigenvalue weighted by Crippen LogP contribution is 2.30. The Morgan fingerprint density at radius 2 is 1.77 bits per heavy atom. The van der Waals surface area contributed by atoms with E-state index in [-0.39, 0.29) is 11.9 Å². The van der Waals surface area contributed by atoms with E-state index in [2.05, 4.69) is 34.1 Å². The van der Waals surface area contributed by atoms with Gasteiger partial charge in [-0.05, 0) is 49.1 Å². The van der Waals surface area contributed by atoms with Crippen LogP contribution in [0.5, 0.6) is 5.75 Å². The number of ether oxygens (including phenoxy) is 1. The van der Waals surface area contributed by atoms with Gasteiger partial charge in [0.2, 0.25) is 0 Å². The third kappa shape index (κ3) is 3.75. The third-order valence-corrected chi connectivity index (χ3v) is 5.49. The van der Waals surface area contributed by atoms with Crippen molar-refractivity contribution >= 4 is 5.91 Å². The van der Waals surface area contributed by atoms with Gasteiger partial charge in [-0.2, -0.15) is 0 Å². The minimum absolute atomic E-state index is 0.129. The predicted molar refractivity (Wildman–Crippen MR) is 103 cm³/mol. The molecule has 136 valence electrons. The average Bonchev–Trinajstić information content (AvgIpc) is 3.54. The molecule has 0 N–H and O–H groups in total. The normalized spacial score (nSPS) is 20.8. The summed E-state index contributed by atoms with van der Waals surface area (Å²) in [6.45, 7) is 2.76. The Kier molecular flexibility index (Phi) is 4.93. The molecule has 1 atom stereocenters. The summed E-state index contributed by atoms with van der Waals surface area (Å²) in [5, 5.41) is 0. The molecule has 1 saturated carbocycles. The number of methoxy groups -OCH3 is 1. The molecule has 0 bridgehead atoms. The first kappa shape index (κ1) is 17.1. The number of benzene rings is 2. The summed E-state index contributed by atoms with van der Waals surface area (Å²) in [4.78, 5) is 17.8. The number of hydrogen-bond acceptors (Lipinski definition) is 3. The van der Waals surface area contributed by atoms with E-state index < -0.39 is 0 Å². The first-order valence-electron chi connectivity index (χ1n) is 9.47.